The van der Waals surface area contributed by atoms with Gasteiger partial charge in [-0.1, -0.05) is 42.1 Å². The van der Waals surface area contributed by atoms with Crippen molar-refractivity contribution in [1.82, 2.24) is 5.32 Å². The highest BCUT2D eigenvalue weighted by atomic mass is 32.2. The van der Waals surface area contributed by atoms with E-state index in [0.29, 0.717) is 23.4 Å². The van der Waals surface area contributed by atoms with Crippen LogP contribution < -0.4 is 15.5 Å². The van der Waals surface area contributed by atoms with Gasteiger partial charge in [-0.25, -0.2) is 0 Å². The van der Waals surface area contributed by atoms with Crippen molar-refractivity contribution in [3.05, 3.63) is 83.9 Å². The van der Waals surface area contributed by atoms with Gasteiger partial charge in [0.15, 0.2) is 0 Å². The van der Waals surface area contributed by atoms with Gasteiger partial charge in [0, 0.05) is 27.6 Å². The van der Waals surface area contributed by atoms with E-state index in [1.165, 1.54) is 11.8 Å². The fraction of sp³-hybridized carbons (Fsp3) is 0.125. The van der Waals surface area contributed by atoms with E-state index in [1.54, 1.807) is 35.2 Å². The van der Waals surface area contributed by atoms with E-state index in [2.05, 4.69) is 10.6 Å². The maximum Gasteiger partial charge on any atom is 0.259 e. The average molecular weight is 432 g/mol. The third-order valence-corrected chi connectivity index (χ3v) is 6.00. The molecule has 31 heavy (non-hydrogen) atoms. The minimum atomic E-state index is -0.327. The molecule has 1 heterocycles. The molecule has 4 rings (SSSR count). The number of benzene rings is 3. The van der Waals surface area contributed by atoms with Crippen molar-refractivity contribution < 1.29 is 14.4 Å². The van der Waals surface area contributed by atoms with Crippen LogP contribution in [0.25, 0.3) is 0 Å². The van der Waals surface area contributed by atoms with Crippen molar-refractivity contribution in [3.8, 4) is 0 Å². The third kappa shape index (κ3) is 4.46. The molecule has 0 saturated carbocycles. The van der Waals surface area contributed by atoms with Gasteiger partial charge in [0.2, 0.25) is 5.91 Å². The Morgan fingerprint density at radius 1 is 0.935 bits per heavy atom. The highest BCUT2D eigenvalue weighted by Crippen LogP contribution is 2.42. The molecule has 7 heteroatoms. The number of nitrogens with zero attached hydrogens (tertiary/aromatic N) is 1. The number of rotatable bonds is 5. The van der Waals surface area contributed by atoms with Crippen molar-refractivity contribution in [3.63, 3.8) is 0 Å². The van der Waals surface area contributed by atoms with E-state index in [1.807, 2.05) is 49.4 Å². The van der Waals surface area contributed by atoms with Gasteiger partial charge < -0.3 is 15.5 Å². The summed E-state index contributed by atoms with van der Waals surface area (Å²) in [4.78, 5) is 40.9. The molecular formula is C24H21N3O3S. The summed E-state index contributed by atoms with van der Waals surface area (Å²) < 4.78 is 0. The molecule has 3 aromatic rings. The predicted molar refractivity (Wildman–Crippen MR) is 122 cm³/mol. The third-order valence-electron chi connectivity index (χ3n) is 4.88. The Balaban J connectivity index is 1.49. The molecule has 3 aromatic carbocycles. The fourth-order valence-electron chi connectivity index (χ4n) is 3.37. The molecule has 6 nitrogen and oxygen atoms in total. The first-order valence-corrected chi connectivity index (χ1v) is 10.7. The number of hydrogen-bond acceptors (Lipinski definition) is 4. The summed E-state index contributed by atoms with van der Waals surface area (Å²) >= 11 is 1.50. The first-order chi connectivity index (χ1) is 15.1. The zero-order valence-electron chi connectivity index (χ0n) is 16.9. The van der Waals surface area contributed by atoms with Crippen LogP contribution in [0.5, 0.6) is 0 Å². The van der Waals surface area contributed by atoms with Gasteiger partial charge in [-0.05, 0) is 49.4 Å². The monoisotopic (exact) mass is 431 g/mol. The summed E-state index contributed by atoms with van der Waals surface area (Å²) in [6.07, 6.45) is 0. The second-order valence-corrected chi connectivity index (χ2v) is 8.01. The maximum atomic E-state index is 13.0. The molecule has 1 aliphatic rings. The van der Waals surface area contributed by atoms with Crippen LogP contribution in [0.15, 0.2) is 82.6 Å². The van der Waals surface area contributed by atoms with E-state index in [-0.39, 0.29) is 24.3 Å². The Bertz CT molecular complexity index is 1150. The minimum Gasteiger partial charge on any atom is -0.343 e. The summed E-state index contributed by atoms with van der Waals surface area (Å²) in [6.45, 7) is 2.34. The van der Waals surface area contributed by atoms with Gasteiger partial charge in [0.25, 0.3) is 11.8 Å². The number of hydrogen-bond donors (Lipinski definition) is 2. The molecule has 0 radical (unpaired) electrons. The van der Waals surface area contributed by atoms with E-state index >= 15 is 0 Å². The molecule has 1 aliphatic heterocycles. The zero-order valence-corrected chi connectivity index (χ0v) is 17.7. The lowest BCUT2D eigenvalue weighted by molar-refractivity contribution is -0.115. The van der Waals surface area contributed by atoms with Gasteiger partial charge in [-0.2, -0.15) is 0 Å². The van der Waals surface area contributed by atoms with Gasteiger partial charge >= 0.3 is 0 Å². The van der Waals surface area contributed by atoms with Crippen LogP contribution in [0.3, 0.4) is 0 Å². The van der Waals surface area contributed by atoms with Crippen molar-refractivity contribution in [2.24, 2.45) is 0 Å². The smallest absolute Gasteiger partial charge is 0.259 e. The SMILES string of the molecule is CCN1C(=O)c2ccccc2Sc2cc(NC(=O)CNC(=O)c3ccccc3)ccc21. The van der Waals surface area contributed by atoms with E-state index < -0.39 is 0 Å². The van der Waals surface area contributed by atoms with Crippen LogP contribution in [0.4, 0.5) is 11.4 Å². The normalized spacial score (nSPS) is 12.4. The van der Waals surface area contributed by atoms with Gasteiger partial charge in [0.05, 0.1) is 17.8 Å². The van der Waals surface area contributed by atoms with Crippen LogP contribution in [0.1, 0.15) is 27.6 Å². The summed E-state index contributed by atoms with van der Waals surface area (Å²) in [5, 5.41) is 5.43. The lowest BCUT2D eigenvalue weighted by atomic mass is 10.1. The summed E-state index contributed by atoms with van der Waals surface area (Å²) in [6, 6.07) is 21.7. The van der Waals surface area contributed by atoms with Crippen molar-refractivity contribution in [1.29, 1.82) is 0 Å². The van der Waals surface area contributed by atoms with E-state index in [0.717, 1.165) is 15.5 Å². The standard InChI is InChI=1S/C24H21N3O3S/c1-2-27-19-13-12-17(14-21(19)31-20-11-7-6-10-18(20)24(27)30)26-22(28)15-25-23(29)16-8-4-3-5-9-16/h3-14H,2,15H2,1H3,(H,25,29)(H,26,28). The molecule has 0 aromatic heterocycles. The molecule has 0 atom stereocenters. The second-order valence-electron chi connectivity index (χ2n) is 6.93. The molecule has 2 N–H and O–H groups in total. The first kappa shape index (κ1) is 20.7. The Morgan fingerprint density at radius 3 is 2.45 bits per heavy atom. The first-order valence-electron chi connectivity index (χ1n) is 9.92. The summed E-state index contributed by atoms with van der Waals surface area (Å²) in [5.74, 6) is -0.668. The van der Waals surface area contributed by atoms with Gasteiger partial charge in [-0.15, -0.1) is 0 Å². The topological polar surface area (TPSA) is 78.5 Å². The quantitative estimate of drug-likeness (QED) is 0.635. The maximum absolute atomic E-state index is 13.0. The Hall–Kier alpha value is -3.58. The lowest BCUT2D eigenvalue weighted by Gasteiger charge is -2.21. The van der Waals surface area contributed by atoms with Gasteiger partial charge in [-0.3, -0.25) is 14.4 Å². The van der Waals surface area contributed by atoms with Crippen LogP contribution in [-0.4, -0.2) is 30.8 Å². The number of carbonyl (C=O) groups excluding carboxylic acids is 3. The highest BCUT2D eigenvalue weighted by Gasteiger charge is 2.26. The number of anilines is 2. The zero-order chi connectivity index (χ0) is 21.8. The van der Waals surface area contributed by atoms with Crippen LogP contribution in [0, 0.1) is 0 Å². The predicted octanol–water partition coefficient (Wildman–Crippen LogP) is 4.19. The molecule has 0 spiro atoms. The molecule has 0 bridgehead atoms. The molecule has 156 valence electrons. The Labute approximate surface area is 184 Å². The highest BCUT2D eigenvalue weighted by molar-refractivity contribution is 7.99. The number of nitrogens with one attached hydrogen (secondary N) is 2. The number of fused-ring (bicyclic) bond motifs is 2. The second kappa shape index (κ2) is 9.06. The fourth-order valence-corrected chi connectivity index (χ4v) is 4.49. The van der Waals surface area contributed by atoms with Crippen molar-refractivity contribution in [2.75, 3.05) is 23.3 Å². The molecule has 0 fully saturated rings. The number of carbonyl (C=O) groups is 3. The van der Waals surface area contributed by atoms with Crippen LogP contribution in [-0.2, 0) is 4.79 Å². The molecular weight excluding hydrogens is 410 g/mol. The molecule has 0 aliphatic carbocycles. The largest absolute Gasteiger partial charge is 0.343 e. The van der Waals surface area contributed by atoms with Crippen LogP contribution in [0.2, 0.25) is 0 Å². The van der Waals surface area contributed by atoms with E-state index in [4.69, 9.17) is 0 Å². The van der Waals surface area contributed by atoms with Gasteiger partial charge in [0.1, 0.15) is 0 Å². The van der Waals surface area contributed by atoms with Crippen molar-refractivity contribution >= 4 is 40.9 Å². The number of amides is 3. The summed E-state index contributed by atoms with van der Waals surface area (Å²) in [5.41, 5.74) is 2.58. The lowest BCUT2D eigenvalue weighted by Crippen LogP contribution is -2.33. The molecule has 0 unspecified atom stereocenters. The average Bonchev–Trinajstić information content (AvgIpc) is 2.91. The van der Waals surface area contributed by atoms with Crippen molar-refractivity contribution in [2.45, 2.75) is 16.7 Å². The minimum absolute atomic E-state index is 0.0373. The summed E-state index contributed by atoms with van der Waals surface area (Å²) in [7, 11) is 0. The Morgan fingerprint density at radius 2 is 1.68 bits per heavy atom. The molecule has 3 amide bonds. The Kier molecular flexibility index (Phi) is 6.04. The van der Waals surface area contributed by atoms with Crippen LogP contribution >= 0.6 is 11.8 Å². The van der Waals surface area contributed by atoms with E-state index in [9.17, 15) is 14.4 Å². The molecule has 0 saturated heterocycles.